The van der Waals surface area contributed by atoms with Crippen LogP contribution in [-0.2, 0) is 17.1 Å². The van der Waals surface area contributed by atoms with E-state index in [-0.39, 0.29) is 25.7 Å². The number of carbonyl (C=O) groups excluding carboxylic acids is 1. The average Bonchev–Trinajstić information content (AvgIpc) is 3.15. The summed E-state index contributed by atoms with van der Waals surface area (Å²) in [5, 5.41) is 0.905. The first-order chi connectivity index (χ1) is 19.0. The van der Waals surface area contributed by atoms with Gasteiger partial charge in [-0.25, -0.2) is 26.7 Å². The smallest absolute Gasteiger partial charge is 0.410 e. The fourth-order valence-electron chi connectivity index (χ4n) is 5.96. The number of nitrogens with one attached hydrogen (secondary N) is 1. The summed E-state index contributed by atoms with van der Waals surface area (Å²) in [5.74, 6) is -7.17. The Labute approximate surface area is 236 Å². The highest BCUT2D eigenvalue weighted by Gasteiger charge is 2.51. The lowest BCUT2D eigenvalue weighted by Gasteiger charge is -2.44. The van der Waals surface area contributed by atoms with Crippen LogP contribution in [0.25, 0.3) is 10.9 Å². The normalized spacial score (nSPS) is 20.7. The molecule has 0 bridgehead atoms. The van der Waals surface area contributed by atoms with Crippen LogP contribution >= 0.6 is 0 Å². The SMILES string of the molecule is C[C@@H]1Cc2c([nH]c3ccccc23)[C@@H](c2c(F)cc(C(F)(F)C3CN(C(=O)OC(C)(C)C)C3)cc2F)N1CC(C)(C)F. The molecule has 5 nitrogen and oxygen atoms in total. The van der Waals surface area contributed by atoms with Gasteiger partial charge in [0.25, 0.3) is 5.92 Å². The van der Waals surface area contributed by atoms with Crippen LogP contribution in [0.4, 0.5) is 26.7 Å². The van der Waals surface area contributed by atoms with E-state index in [1.54, 1.807) is 25.7 Å². The van der Waals surface area contributed by atoms with E-state index in [1.807, 2.05) is 31.2 Å². The molecule has 0 radical (unpaired) electrons. The quantitative estimate of drug-likeness (QED) is 0.320. The van der Waals surface area contributed by atoms with Crippen molar-refractivity contribution in [3.8, 4) is 0 Å². The number of hydrogen-bond acceptors (Lipinski definition) is 3. The predicted octanol–water partition coefficient (Wildman–Crippen LogP) is 7.49. The van der Waals surface area contributed by atoms with Crippen LogP contribution in [0.15, 0.2) is 36.4 Å². The van der Waals surface area contributed by atoms with E-state index in [0.717, 1.165) is 21.4 Å². The molecule has 5 rings (SSSR count). The number of ether oxygens (including phenoxy) is 1. The highest BCUT2D eigenvalue weighted by molar-refractivity contribution is 5.85. The lowest BCUT2D eigenvalue weighted by Crippen LogP contribution is -2.56. The number of hydrogen-bond donors (Lipinski definition) is 1. The zero-order chi connectivity index (χ0) is 30.1. The maximum Gasteiger partial charge on any atom is 0.410 e. The molecule has 10 heteroatoms. The molecule has 3 aromatic rings. The van der Waals surface area contributed by atoms with Gasteiger partial charge in [0.05, 0.1) is 12.0 Å². The van der Waals surface area contributed by atoms with Crippen molar-refractivity contribution in [2.24, 2.45) is 5.92 Å². The number of para-hydroxylation sites is 1. The Morgan fingerprint density at radius 2 is 1.63 bits per heavy atom. The number of alkyl halides is 3. The molecule has 2 aliphatic heterocycles. The molecule has 1 saturated heterocycles. The van der Waals surface area contributed by atoms with Crippen molar-refractivity contribution in [3.05, 3.63) is 70.4 Å². The largest absolute Gasteiger partial charge is 0.444 e. The third kappa shape index (κ3) is 5.55. The molecule has 1 N–H and O–H groups in total. The highest BCUT2D eigenvalue weighted by Crippen LogP contribution is 2.46. The van der Waals surface area contributed by atoms with Crippen LogP contribution in [-0.4, -0.2) is 57.8 Å². The summed E-state index contributed by atoms with van der Waals surface area (Å²) in [4.78, 5) is 18.3. The number of aromatic amines is 1. The minimum Gasteiger partial charge on any atom is -0.444 e. The Kier molecular flexibility index (Phi) is 7.16. The maximum absolute atomic E-state index is 15.9. The van der Waals surface area contributed by atoms with Crippen LogP contribution in [0.1, 0.15) is 70.0 Å². The molecule has 222 valence electrons. The minimum absolute atomic E-state index is 0.118. The number of H-pyrrole nitrogens is 1. The van der Waals surface area contributed by atoms with E-state index in [9.17, 15) is 9.18 Å². The predicted molar refractivity (Wildman–Crippen MR) is 147 cm³/mol. The molecule has 0 aliphatic carbocycles. The molecule has 0 unspecified atom stereocenters. The zero-order valence-electron chi connectivity index (χ0n) is 24.1. The van der Waals surface area contributed by atoms with Crippen LogP contribution in [0.3, 0.4) is 0 Å². The number of carbonyl (C=O) groups is 1. The monoisotopic (exact) mass is 577 g/mol. The van der Waals surface area contributed by atoms with Crippen molar-refractivity contribution in [3.63, 3.8) is 0 Å². The molecule has 3 heterocycles. The summed E-state index contributed by atoms with van der Waals surface area (Å²) in [7, 11) is 0. The van der Waals surface area contributed by atoms with Crippen molar-refractivity contribution in [1.29, 1.82) is 0 Å². The molecule has 41 heavy (non-hydrogen) atoms. The third-order valence-corrected chi connectivity index (χ3v) is 7.86. The van der Waals surface area contributed by atoms with Crippen molar-refractivity contribution in [1.82, 2.24) is 14.8 Å². The molecule has 1 aromatic heterocycles. The summed E-state index contributed by atoms with van der Waals surface area (Å²) in [6, 6.07) is 7.50. The molecular formula is C31H36F5N3O2. The standard InChI is InChI=1S/C31H36F5N3O2/c1-17-11-21-20-9-7-8-10-24(20)37-26(21)27(39(17)16-30(5,6)34)25-22(32)12-18(13-23(25)33)31(35,36)19-14-38(15-19)28(40)41-29(2,3)4/h7-10,12-13,17,19,27,37H,11,14-16H2,1-6H3/t17-,27-/m1/s1. The van der Waals surface area contributed by atoms with Gasteiger partial charge in [0.2, 0.25) is 0 Å². The Morgan fingerprint density at radius 3 is 2.22 bits per heavy atom. The molecule has 2 atom stereocenters. The van der Waals surface area contributed by atoms with Gasteiger partial charge < -0.3 is 14.6 Å². The number of benzene rings is 2. The second kappa shape index (κ2) is 10.00. The topological polar surface area (TPSA) is 48.6 Å². The van der Waals surface area contributed by atoms with E-state index in [1.165, 1.54) is 13.8 Å². The van der Waals surface area contributed by atoms with Gasteiger partial charge in [0, 0.05) is 53.4 Å². The first-order valence-electron chi connectivity index (χ1n) is 13.9. The van der Waals surface area contributed by atoms with Gasteiger partial charge in [0.1, 0.15) is 22.9 Å². The summed E-state index contributed by atoms with van der Waals surface area (Å²) in [5.41, 5.74) is -1.49. The molecule has 1 fully saturated rings. The number of rotatable bonds is 5. The van der Waals surface area contributed by atoms with Crippen molar-refractivity contribution >= 4 is 17.0 Å². The minimum atomic E-state index is -3.59. The number of amides is 1. The molecule has 0 spiro atoms. The summed E-state index contributed by atoms with van der Waals surface area (Å²) in [6.07, 6.45) is -0.185. The number of aromatic nitrogens is 1. The van der Waals surface area contributed by atoms with Gasteiger partial charge in [-0.2, -0.15) is 0 Å². The molecule has 2 aromatic carbocycles. The van der Waals surface area contributed by atoms with Crippen molar-refractivity contribution in [2.75, 3.05) is 19.6 Å². The Morgan fingerprint density at radius 1 is 1.02 bits per heavy atom. The van der Waals surface area contributed by atoms with Gasteiger partial charge in [-0.1, -0.05) is 18.2 Å². The second-order valence-electron chi connectivity index (χ2n) is 13.0. The lowest BCUT2D eigenvalue weighted by molar-refractivity contribution is -0.122. The molecule has 2 aliphatic rings. The van der Waals surface area contributed by atoms with Crippen LogP contribution < -0.4 is 0 Å². The summed E-state index contributed by atoms with van der Waals surface area (Å²) < 4.78 is 82.9. The highest BCUT2D eigenvalue weighted by atomic mass is 19.3. The third-order valence-electron chi connectivity index (χ3n) is 7.86. The van der Waals surface area contributed by atoms with Gasteiger partial charge in [-0.15, -0.1) is 0 Å². The molecule has 0 saturated carbocycles. The summed E-state index contributed by atoms with van der Waals surface area (Å²) >= 11 is 0. The Hall–Kier alpha value is -3.14. The van der Waals surface area contributed by atoms with E-state index >= 15 is 17.6 Å². The maximum atomic E-state index is 15.9. The van der Waals surface area contributed by atoms with Crippen LogP contribution in [0.2, 0.25) is 0 Å². The van der Waals surface area contributed by atoms with Gasteiger partial charge in [0.15, 0.2) is 0 Å². The number of halogens is 5. The number of likely N-dealkylation sites (tertiary alicyclic amines) is 1. The second-order valence-corrected chi connectivity index (χ2v) is 13.0. The van der Waals surface area contributed by atoms with Crippen LogP contribution in [0, 0.1) is 17.6 Å². The van der Waals surface area contributed by atoms with Gasteiger partial charge in [-0.05, 0) is 71.7 Å². The lowest BCUT2D eigenvalue weighted by atomic mass is 9.84. The van der Waals surface area contributed by atoms with Crippen molar-refractivity contribution < 1.29 is 31.5 Å². The zero-order valence-corrected chi connectivity index (χ0v) is 24.1. The fourth-order valence-corrected chi connectivity index (χ4v) is 5.96. The van der Waals surface area contributed by atoms with Crippen molar-refractivity contribution in [2.45, 2.75) is 77.2 Å². The van der Waals surface area contributed by atoms with Gasteiger partial charge in [-0.3, -0.25) is 4.90 Å². The Bertz CT molecular complexity index is 1440. The molecule has 1 amide bonds. The average molecular weight is 578 g/mol. The van der Waals surface area contributed by atoms with E-state index in [4.69, 9.17) is 4.74 Å². The van der Waals surface area contributed by atoms with E-state index in [0.29, 0.717) is 24.2 Å². The first kappa shape index (κ1) is 29.4. The number of fused-ring (bicyclic) bond motifs is 3. The van der Waals surface area contributed by atoms with Crippen LogP contribution in [0.5, 0.6) is 0 Å². The number of nitrogens with zero attached hydrogens (tertiary/aromatic N) is 2. The first-order valence-corrected chi connectivity index (χ1v) is 13.9. The van der Waals surface area contributed by atoms with E-state index < -0.39 is 58.0 Å². The van der Waals surface area contributed by atoms with E-state index in [2.05, 4.69) is 4.98 Å². The fraction of sp³-hybridized carbons (Fsp3) is 0.516. The van der Waals surface area contributed by atoms with Gasteiger partial charge >= 0.3 is 6.09 Å². The molecular weight excluding hydrogens is 541 g/mol. The Balaban J connectivity index is 1.51. The summed E-state index contributed by atoms with van der Waals surface area (Å²) in [6.45, 7) is 8.96.